The van der Waals surface area contributed by atoms with Gasteiger partial charge in [-0.2, -0.15) is 0 Å². The van der Waals surface area contributed by atoms with Gasteiger partial charge in [-0.05, 0) is 43.5 Å². The molecule has 6 nitrogen and oxygen atoms in total. The molecule has 0 aliphatic rings. The summed E-state index contributed by atoms with van der Waals surface area (Å²) in [5.74, 6) is -0.921. The maximum atomic E-state index is 11.6. The minimum absolute atomic E-state index is 0.0115. The highest BCUT2D eigenvalue weighted by molar-refractivity contribution is 6.30. The van der Waals surface area contributed by atoms with E-state index >= 15 is 0 Å². The molecule has 0 amide bonds. The lowest BCUT2D eigenvalue weighted by atomic mass is 10.2. The fraction of sp³-hybridized carbons (Fsp3) is 0.294. The molecule has 0 unspecified atom stereocenters. The Hall–Kier alpha value is -2.47. The van der Waals surface area contributed by atoms with E-state index in [1.807, 2.05) is 12.1 Å². The molecule has 2 aromatic rings. The first-order chi connectivity index (χ1) is 11.6. The third-order valence-electron chi connectivity index (χ3n) is 3.14. The van der Waals surface area contributed by atoms with Crippen LogP contribution in [0.3, 0.4) is 0 Å². The summed E-state index contributed by atoms with van der Waals surface area (Å²) < 4.78 is 15.7. The van der Waals surface area contributed by atoms with Crippen LogP contribution in [0.5, 0.6) is 11.5 Å². The summed E-state index contributed by atoms with van der Waals surface area (Å²) in [6.45, 7) is 0.926. The van der Waals surface area contributed by atoms with Crippen LogP contribution < -0.4 is 14.9 Å². The van der Waals surface area contributed by atoms with Gasteiger partial charge in [0, 0.05) is 11.1 Å². The lowest BCUT2D eigenvalue weighted by Crippen LogP contribution is -2.11. The van der Waals surface area contributed by atoms with Crippen LogP contribution >= 0.6 is 11.6 Å². The number of aromatic carboxylic acids is 1. The average molecular weight is 353 g/mol. The number of carbonyl (C=O) groups is 1. The van der Waals surface area contributed by atoms with Gasteiger partial charge in [0.1, 0.15) is 12.0 Å². The number of hydrogen-bond acceptors (Lipinski definition) is 5. The van der Waals surface area contributed by atoms with Crippen molar-refractivity contribution in [2.75, 3.05) is 13.2 Å². The zero-order valence-corrected chi connectivity index (χ0v) is 13.6. The quantitative estimate of drug-likeness (QED) is 0.694. The monoisotopic (exact) mass is 352 g/mol. The number of carboxylic acids is 1. The minimum atomic E-state index is -1.29. The molecule has 24 heavy (non-hydrogen) atoms. The van der Waals surface area contributed by atoms with Crippen LogP contribution in [0.1, 0.15) is 29.8 Å². The molecule has 1 heterocycles. The molecule has 0 saturated carbocycles. The lowest BCUT2D eigenvalue weighted by Gasteiger charge is -2.07. The van der Waals surface area contributed by atoms with Crippen molar-refractivity contribution in [2.24, 2.45) is 0 Å². The molecular formula is C17H17ClO6. The maximum absolute atomic E-state index is 11.6. The zero-order chi connectivity index (χ0) is 17.4. The highest BCUT2D eigenvalue weighted by Crippen LogP contribution is 2.16. The topological polar surface area (TPSA) is 86.0 Å². The number of benzene rings is 1. The molecule has 128 valence electrons. The Bertz CT molecular complexity index is 723. The Morgan fingerprint density at radius 1 is 1.08 bits per heavy atom. The smallest absolute Gasteiger partial charge is 0.371 e. The standard InChI is InChI=1S/C17H17ClO6/c18-12-4-6-13(7-5-12)22-8-2-1-3-9-23-16-11-24-15(17(20)21)10-14(16)19/h4-7,10-11H,1-3,8-9H2,(H,20,21). The largest absolute Gasteiger partial charge is 0.494 e. The van der Waals surface area contributed by atoms with Gasteiger partial charge in [0.15, 0.2) is 0 Å². The first-order valence-corrected chi connectivity index (χ1v) is 7.81. The summed E-state index contributed by atoms with van der Waals surface area (Å²) in [7, 11) is 0. The molecule has 1 aromatic heterocycles. The molecule has 0 fully saturated rings. The fourth-order valence-electron chi connectivity index (χ4n) is 1.90. The van der Waals surface area contributed by atoms with E-state index in [9.17, 15) is 9.59 Å². The second-order valence-corrected chi connectivity index (χ2v) is 5.43. The lowest BCUT2D eigenvalue weighted by molar-refractivity contribution is 0.0658. The first kappa shape index (κ1) is 17.9. The van der Waals surface area contributed by atoms with Gasteiger partial charge >= 0.3 is 5.97 Å². The van der Waals surface area contributed by atoms with Crippen molar-refractivity contribution < 1.29 is 23.8 Å². The van der Waals surface area contributed by atoms with Crippen LogP contribution in [-0.4, -0.2) is 24.3 Å². The molecule has 0 saturated heterocycles. The summed E-state index contributed by atoms with van der Waals surface area (Å²) in [6, 6.07) is 8.06. The van der Waals surface area contributed by atoms with Gasteiger partial charge < -0.3 is 19.0 Å². The molecule has 0 spiro atoms. The Morgan fingerprint density at radius 3 is 2.38 bits per heavy atom. The molecule has 0 aliphatic carbocycles. The number of hydrogen-bond donors (Lipinski definition) is 1. The summed E-state index contributed by atoms with van der Waals surface area (Å²) in [5, 5.41) is 9.37. The van der Waals surface area contributed by atoms with Crippen LogP contribution in [0.2, 0.25) is 5.02 Å². The zero-order valence-electron chi connectivity index (χ0n) is 12.9. The van der Waals surface area contributed by atoms with Crippen molar-refractivity contribution in [3.05, 3.63) is 57.6 Å². The summed E-state index contributed by atoms with van der Waals surface area (Å²) in [5.41, 5.74) is -0.510. The molecule has 0 aliphatic heterocycles. The van der Waals surface area contributed by atoms with Crippen LogP contribution in [0.4, 0.5) is 0 Å². The van der Waals surface area contributed by atoms with Gasteiger partial charge in [-0.25, -0.2) is 4.79 Å². The maximum Gasteiger partial charge on any atom is 0.371 e. The van der Waals surface area contributed by atoms with E-state index in [-0.39, 0.29) is 5.75 Å². The second-order valence-electron chi connectivity index (χ2n) is 4.99. The third kappa shape index (κ3) is 5.62. The van der Waals surface area contributed by atoms with Gasteiger partial charge in [0.05, 0.1) is 13.2 Å². The van der Waals surface area contributed by atoms with Crippen molar-refractivity contribution in [1.29, 1.82) is 0 Å². The van der Waals surface area contributed by atoms with E-state index in [2.05, 4.69) is 0 Å². The molecule has 0 bridgehead atoms. The molecule has 0 radical (unpaired) electrons. The minimum Gasteiger partial charge on any atom is -0.494 e. The summed E-state index contributed by atoms with van der Waals surface area (Å²) >= 11 is 5.79. The van der Waals surface area contributed by atoms with Crippen molar-refractivity contribution >= 4 is 17.6 Å². The number of carboxylic acid groups (broad SMARTS) is 1. The predicted molar refractivity (Wildman–Crippen MR) is 88.2 cm³/mol. The highest BCUT2D eigenvalue weighted by Gasteiger charge is 2.09. The number of rotatable bonds is 9. The van der Waals surface area contributed by atoms with E-state index in [0.717, 1.165) is 37.3 Å². The van der Waals surface area contributed by atoms with Crippen molar-refractivity contribution in [3.8, 4) is 11.5 Å². The predicted octanol–water partition coefficient (Wildman–Crippen LogP) is 3.62. The van der Waals surface area contributed by atoms with Gasteiger partial charge in [-0.3, -0.25) is 4.79 Å². The molecule has 2 rings (SSSR count). The van der Waals surface area contributed by atoms with Gasteiger partial charge in [0.25, 0.3) is 0 Å². The summed E-state index contributed by atoms with van der Waals surface area (Å²) in [4.78, 5) is 22.3. The Kier molecular flexibility index (Phi) is 6.69. The number of unbranched alkanes of at least 4 members (excludes halogenated alkanes) is 2. The van der Waals surface area contributed by atoms with Crippen molar-refractivity contribution in [2.45, 2.75) is 19.3 Å². The Balaban J connectivity index is 1.62. The number of halogens is 1. The van der Waals surface area contributed by atoms with Gasteiger partial charge in [-0.1, -0.05) is 11.6 Å². The summed E-state index contributed by atoms with van der Waals surface area (Å²) in [6.07, 6.45) is 3.48. The van der Waals surface area contributed by atoms with E-state index in [1.165, 1.54) is 0 Å². The second kappa shape index (κ2) is 8.98. The SMILES string of the molecule is O=C(O)c1cc(=O)c(OCCCCCOc2ccc(Cl)cc2)co1. The average Bonchev–Trinajstić information content (AvgIpc) is 2.56. The van der Waals surface area contributed by atoms with E-state index in [4.69, 9.17) is 30.6 Å². The van der Waals surface area contributed by atoms with Crippen LogP contribution in [0.25, 0.3) is 0 Å². The first-order valence-electron chi connectivity index (χ1n) is 7.43. The van der Waals surface area contributed by atoms with Crippen LogP contribution in [0.15, 0.2) is 45.8 Å². The molecule has 7 heteroatoms. The highest BCUT2D eigenvalue weighted by atomic mass is 35.5. The Labute approximate surface area is 143 Å². The molecule has 1 aromatic carbocycles. The Morgan fingerprint density at radius 2 is 1.75 bits per heavy atom. The van der Waals surface area contributed by atoms with Crippen molar-refractivity contribution in [3.63, 3.8) is 0 Å². The van der Waals surface area contributed by atoms with Gasteiger partial charge in [0.2, 0.25) is 16.9 Å². The van der Waals surface area contributed by atoms with E-state index < -0.39 is 17.2 Å². The van der Waals surface area contributed by atoms with Crippen LogP contribution in [0, 0.1) is 0 Å². The van der Waals surface area contributed by atoms with Gasteiger partial charge in [-0.15, -0.1) is 0 Å². The molecular weight excluding hydrogens is 336 g/mol. The normalized spacial score (nSPS) is 10.4. The third-order valence-corrected chi connectivity index (χ3v) is 3.39. The van der Waals surface area contributed by atoms with E-state index in [1.54, 1.807) is 12.1 Å². The van der Waals surface area contributed by atoms with E-state index in [0.29, 0.717) is 18.2 Å². The van der Waals surface area contributed by atoms with Crippen molar-refractivity contribution in [1.82, 2.24) is 0 Å². The van der Waals surface area contributed by atoms with Crippen LogP contribution in [-0.2, 0) is 0 Å². The fourth-order valence-corrected chi connectivity index (χ4v) is 2.03. The molecule has 0 atom stereocenters. The molecule has 1 N–H and O–H groups in total. The number of ether oxygens (including phenoxy) is 2.